The van der Waals surface area contributed by atoms with Crippen molar-refractivity contribution >= 4 is 0 Å². The molecule has 0 fully saturated rings. The van der Waals surface area contributed by atoms with Crippen molar-refractivity contribution < 1.29 is 9.47 Å². The van der Waals surface area contributed by atoms with Gasteiger partial charge < -0.3 is 15.2 Å². The summed E-state index contributed by atoms with van der Waals surface area (Å²) >= 11 is 0. The maximum absolute atomic E-state index is 5.89. The fraction of sp³-hybridized carbons (Fsp3) is 0.294. The summed E-state index contributed by atoms with van der Waals surface area (Å²) in [4.78, 5) is 0. The van der Waals surface area contributed by atoms with Gasteiger partial charge in [-0.15, -0.1) is 0 Å². The zero-order chi connectivity index (χ0) is 14.4. The van der Waals surface area contributed by atoms with Gasteiger partial charge in [-0.05, 0) is 43.1 Å². The van der Waals surface area contributed by atoms with Crippen LogP contribution in [0.2, 0.25) is 0 Å². The number of nitrogens with two attached hydrogens (primary N) is 1. The Labute approximate surface area is 120 Å². The lowest BCUT2D eigenvalue weighted by molar-refractivity contribution is 0.284. The Balaban J connectivity index is 2.12. The van der Waals surface area contributed by atoms with Crippen molar-refractivity contribution in [2.45, 2.75) is 20.0 Å². The molecule has 0 saturated heterocycles. The van der Waals surface area contributed by atoms with E-state index in [1.165, 1.54) is 5.56 Å². The van der Waals surface area contributed by atoms with Crippen molar-refractivity contribution in [3.63, 3.8) is 0 Å². The van der Waals surface area contributed by atoms with E-state index in [1.54, 1.807) is 7.11 Å². The van der Waals surface area contributed by atoms with Gasteiger partial charge in [0.2, 0.25) is 0 Å². The summed E-state index contributed by atoms with van der Waals surface area (Å²) in [6.07, 6.45) is 0.838. The highest BCUT2D eigenvalue weighted by Crippen LogP contribution is 2.29. The number of aryl methyl sites for hydroxylation is 1. The van der Waals surface area contributed by atoms with E-state index in [0.717, 1.165) is 29.0 Å². The molecule has 2 N–H and O–H groups in total. The smallest absolute Gasteiger partial charge is 0.161 e. The average molecular weight is 271 g/mol. The lowest BCUT2D eigenvalue weighted by Crippen LogP contribution is -2.04. The number of benzene rings is 2. The molecule has 106 valence electrons. The first kappa shape index (κ1) is 14.4. The number of methoxy groups -OCH3 is 1. The highest BCUT2D eigenvalue weighted by molar-refractivity contribution is 5.43. The van der Waals surface area contributed by atoms with E-state index in [9.17, 15) is 0 Å². The monoisotopic (exact) mass is 271 g/mol. The van der Waals surface area contributed by atoms with E-state index in [2.05, 4.69) is 25.1 Å². The zero-order valence-electron chi connectivity index (χ0n) is 12.1. The molecule has 0 bridgehead atoms. The molecule has 0 aliphatic rings. The molecule has 0 atom stereocenters. The van der Waals surface area contributed by atoms with Gasteiger partial charge in [0.15, 0.2) is 11.5 Å². The van der Waals surface area contributed by atoms with E-state index in [1.807, 2.05) is 24.3 Å². The highest BCUT2D eigenvalue weighted by Gasteiger charge is 2.06. The third-order valence-corrected chi connectivity index (χ3v) is 3.14. The van der Waals surface area contributed by atoms with Gasteiger partial charge in [0.05, 0.1) is 7.11 Å². The molecule has 2 rings (SSSR count). The summed E-state index contributed by atoms with van der Waals surface area (Å²) < 4.78 is 11.2. The first-order valence-corrected chi connectivity index (χ1v) is 6.78. The van der Waals surface area contributed by atoms with Crippen molar-refractivity contribution in [1.29, 1.82) is 0 Å². The molecule has 2 aromatic carbocycles. The highest BCUT2D eigenvalue weighted by atomic mass is 16.5. The van der Waals surface area contributed by atoms with Crippen LogP contribution in [0.5, 0.6) is 11.5 Å². The predicted octanol–water partition coefficient (Wildman–Crippen LogP) is 3.08. The minimum atomic E-state index is 0.532. The Hall–Kier alpha value is -2.00. The van der Waals surface area contributed by atoms with Gasteiger partial charge in [-0.1, -0.05) is 35.9 Å². The van der Waals surface area contributed by atoms with Crippen LogP contribution in [-0.4, -0.2) is 13.7 Å². The molecule has 3 nitrogen and oxygen atoms in total. The maximum atomic E-state index is 5.89. The summed E-state index contributed by atoms with van der Waals surface area (Å²) in [6, 6.07) is 14.2. The molecule has 3 heteroatoms. The first-order chi connectivity index (χ1) is 9.72. The SMILES string of the molecule is COc1ccc(CCN)cc1OCc1cccc(C)c1. The third kappa shape index (κ3) is 3.75. The normalized spacial score (nSPS) is 10.3. The van der Waals surface area contributed by atoms with Crippen molar-refractivity contribution in [2.75, 3.05) is 13.7 Å². The summed E-state index contributed by atoms with van der Waals surface area (Å²) in [5.74, 6) is 1.51. The van der Waals surface area contributed by atoms with Gasteiger partial charge in [0.1, 0.15) is 6.61 Å². The maximum Gasteiger partial charge on any atom is 0.161 e. The molecule has 0 aromatic heterocycles. The standard InChI is InChI=1S/C17H21NO2/c1-13-4-3-5-15(10-13)12-20-17-11-14(8-9-18)6-7-16(17)19-2/h3-7,10-11H,8-9,12,18H2,1-2H3. The van der Waals surface area contributed by atoms with Crippen LogP contribution < -0.4 is 15.2 Å². The van der Waals surface area contributed by atoms with Gasteiger partial charge in [-0.3, -0.25) is 0 Å². The molecule has 2 aromatic rings. The van der Waals surface area contributed by atoms with Crippen LogP contribution in [0, 0.1) is 6.92 Å². The lowest BCUT2D eigenvalue weighted by Gasteiger charge is -2.12. The largest absolute Gasteiger partial charge is 0.493 e. The molecule has 0 aliphatic carbocycles. The average Bonchev–Trinajstić information content (AvgIpc) is 2.46. The van der Waals surface area contributed by atoms with Crippen LogP contribution in [0.15, 0.2) is 42.5 Å². The zero-order valence-corrected chi connectivity index (χ0v) is 12.1. The Morgan fingerprint density at radius 3 is 2.55 bits per heavy atom. The topological polar surface area (TPSA) is 44.5 Å². The van der Waals surface area contributed by atoms with Crippen molar-refractivity contribution in [3.8, 4) is 11.5 Å². The third-order valence-electron chi connectivity index (χ3n) is 3.14. The molecular weight excluding hydrogens is 250 g/mol. The van der Waals surface area contributed by atoms with Crippen LogP contribution in [0.1, 0.15) is 16.7 Å². The predicted molar refractivity (Wildman–Crippen MR) is 81.3 cm³/mol. The first-order valence-electron chi connectivity index (χ1n) is 6.78. The summed E-state index contributed by atoms with van der Waals surface area (Å²) in [7, 11) is 1.65. The van der Waals surface area contributed by atoms with Gasteiger partial charge in [-0.2, -0.15) is 0 Å². The molecule has 0 amide bonds. The van der Waals surface area contributed by atoms with Crippen LogP contribution in [0.3, 0.4) is 0 Å². The van der Waals surface area contributed by atoms with Gasteiger partial charge in [0, 0.05) is 0 Å². The fourth-order valence-corrected chi connectivity index (χ4v) is 2.12. The molecule has 0 unspecified atom stereocenters. The second kappa shape index (κ2) is 6.96. The summed E-state index contributed by atoms with van der Waals surface area (Å²) in [5, 5.41) is 0. The van der Waals surface area contributed by atoms with Crippen LogP contribution in [0.25, 0.3) is 0 Å². The number of ether oxygens (including phenoxy) is 2. The quantitative estimate of drug-likeness (QED) is 0.878. The molecule has 20 heavy (non-hydrogen) atoms. The Morgan fingerprint density at radius 1 is 1.00 bits per heavy atom. The summed E-state index contributed by atoms with van der Waals surface area (Å²) in [5.41, 5.74) is 9.13. The Morgan fingerprint density at radius 2 is 1.85 bits per heavy atom. The Bertz CT molecular complexity index is 567. The van der Waals surface area contributed by atoms with Crippen LogP contribution in [-0.2, 0) is 13.0 Å². The van der Waals surface area contributed by atoms with E-state index in [0.29, 0.717) is 13.2 Å². The molecule has 0 aliphatic heterocycles. The van der Waals surface area contributed by atoms with Crippen LogP contribution in [0.4, 0.5) is 0 Å². The summed E-state index contributed by atoms with van der Waals surface area (Å²) in [6.45, 7) is 3.24. The number of hydrogen-bond acceptors (Lipinski definition) is 3. The van der Waals surface area contributed by atoms with Crippen molar-refractivity contribution in [2.24, 2.45) is 5.73 Å². The van der Waals surface area contributed by atoms with E-state index in [4.69, 9.17) is 15.2 Å². The lowest BCUT2D eigenvalue weighted by atomic mass is 10.1. The van der Waals surface area contributed by atoms with E-state index < -0.39 is 0 Å². The minimum absolute atomic E-state index is 0.532. The second-order valence-electron chi connectivity index (χ2n) is 4.80. The molecule has 0 radical (unpaired) electrons. The molecule has 0 heterocycles. The van der Waals surface area contributed by atoms with Crippen molar-refractivity contribution in [1.82, 2.24) is 0 Å². The van der Waals surface area contributed by atoms with Gasteiger partial charge in [-0.25, -0.2) is 0 Å². The van der Waals surface area contributed by atoms with E-state index >= 15 is 0 Å². The molecule has 0 saturated carbocycles. The van der Waals surface area contributed by atoms with Gasteiger partial charge >= 0.3 is 0 Å². The molecular formula is C17H21NO2. The fourth-order valence-electron chi connectivity index (χ4n) is 2.12. The van der Waals surface area contributed by atoms with Crippen LogP contribution >= 0.6 is 0 Å². The molecule has 0 spiro atoms. The Kier molecular flexibility index (Phi) is 5.02. The number of hydrogen-bond donors (Lipinski definition) is 1. The van der Waals surface area contributed by atoms with Crippen molar-refractivity contribution in [3.05, 3.63) is 59.2 Å². The van der Waals surface area contributed by atoms with Gasteiger partial charge in [0.25, 0.3) is 0 Å². The minimum Gasteiger partial charge on any atom is -0.493 e. The van der Waals surface area contributed by atoms with E-state index in [-0.39, 0.29) is 0 Å². The second-order valence-corrected chi connectivity index (χ2v) is 4.80. The number of rotatable bonds is 6.